The highest BCUT2D eigenvalue weighted by Crippen LogP contribution is 2.21. The molecule has 2 heterocycles. The van der Waals surface area contributed by atoms with E-state index in [0.29, 0.717) is 12.1 Å². The molecule has 1 fully saturated rings. The predicted octanol–water partition coefficient (Wildman–Crippen LogP) is 0.707. The van der Waals surface area contributed by atoms with Crippen LogP contribution in [0, 0.1) is 0 Å². The molecule has 2 atom stereocenters. The van der Waals surface area contributed by atoms with Gasteiger partial charge in [-0.05, 0) is 27.1 Å². The number of rotatable bonds is 5. The molecule has 0 amide bonds. The third-order valence-electron chi connectivity index (χ3n) is 4.11. The molecule has 2 rings (SSSR count). The van der Waals surface area contributed by atoms with Gasteiger partial charge in [0, 0.05) is 45.1 Å². The van der Waals surface area contributed by atoms with Crippen LogP contribution < -0.4 is 5.32 Å². The number of aromatic nitrogens is 2. The lowest BCUT2D eigenvalue weighted by atomic mass is 10.0. The Morgan fingerprint density at radius 2 is 2.16 bits per heavy atom. The van der Waals surface area contributed by atoms with Gasteiger partial charge < -0.3 is 19.7 Å². The van der Waals surface area contributed by atoms with Gasteiger partial charge in [0.05, 0.1) is 6.04 Å². The van der Waals surface area contributed by atoms with E-state index >= 15 is 0 Å². The minimum Gasteiger partial charge on any atom is -0.337 e. The van der Waals surface area contributed by atoms with E-state index in [-0.39, 0.29) is 0 Å². The zero-order valence-electron chi connectivity index (χ0n) is 12.6. The van der Waals surface area contributed by atoms with Crippen LogP contribution in [0.2, 0.25) is 0 Å². The summed E-state index contributed by atoms with van der Waals surface area (Å²) in [4.78, 5) is 9.41. The molecule has 1 aromatic rings. The van der Waals surface area contributed by atoms with Crippen molar-refractivity contribution >= 4 is 0 Å². The number of hydrogen-bond donors (Lipinski definition) is 1. The molecule has 0 aliphatic carbocycles. The van der Waals surface area contributed by atoms with E-state index in [1.54, 1.807) is 0 Å². The fraction of sp³-hybridized carbons (Fsp3) is 0.786. The van der Waals surface area contributed by atoms with Crippen LogP contribution in [0.1, 0.15) is 25.2 Å². The molecule has 1 N–H and O–H groups in total. The average Bonchev–Trinajstić information content (AvgIpc) is 2.79. The second-order valence-electron chi connectivity index (χ2n) is 5.64. The van der Waals surface area contributed by atoms with E-state index < -0.39 is 0 Å². The molecule has 2 unspecified atom stereocenters. The van der Waals surface area contributed by atoms with Gasteiger partial charge in [-0.15, -0.1) is 0 Å². The monoisotopic (exact) mass is 265 g/mol. The maximum atomic E-state index is 4.51. The van der Waals surface area contributed by atoms with Gasteiger partial charge in [-0.3, -0.25) is 0 Å². The summed E-state index contributed by atoms with van der Waals surface area (Å²) in [5.74, 6) is 1.14. The van der Waals surface area contributed by atoms with Crippen molar-refractivity contribution < 1.29 is 0 Å². The van der Waals surface area contributed by atoms with Gasteiger partial charge in [-0.2, -0.15) is 0 Å². The Kier molecular flexibility index (Phi) is 4.96. The summed E-state index contributed by atoms with van der Waals surface area (Å²) in [5, 5.41) is 3.58. The number of nitrogens with zero attached hydrogens (tertiary/aromatic N) is 4. The molecule has 0 saturated carbocycles. The number of nitrogens with one attached hydrogen (secondary N) is 1. The summed E-state index contributed by atoms with van der Waals surface area (Å²) in [6, 6.07) is 0.934. The Morgan fingerprint density at radius 1 is 1.37 bits per heavy atom. The summed E-state index contributed by atoms with van der Waals surface area (Å²) in [6.45, 7) is 6.60. The van der Waals surface area contributed by atoms with Crippen molar-refractivity contribution in [1.29, 1.82) is 0 Å². The first-order chi connectivity index (χ1) is 9.11. The van der Waals surface area contributed by atoms with Gasteiger partial charge >= 0.3 is 0 Å². The van der Waals surface area contributed by atoms with Crippen molar-refractivity contribution in [3.05, 3.63) is 18.2 Å². The molecule has 19 heavy (non-hydrogen) atoms. The molecule has 0 bridgehead atoms. The lowest BCUT2D eigenvalue weighted by Crippen LogP contribution is -2.51. The van der Waals surface area contributed by atoms with Crippen molar-refractivity contribution in [2.24, 2.45) is 7.05 Å². The maximum absolute atomic E-state index is 4.51. The molecule has 5 heteroatoms. The summed E-state index contributed by atoms with van der Waals surface area (Å²) in [5.41, 5.74) is 0. The first-order valence-electron chi connectivity index (χ1n) is 7.21. The lowest BCUT2D eigenvalue weighted by Gasteiger charge is -2.39. The van der Waals surface area contributed by atoms with Gasteiger partial charge in [0.15, 0.2) is 0 Å². The molecule has 1 aromatic heterocycles. The topological polar surface area (TPSA) is 36.3 Å². The second kappa shape index (κ2) is 6.50. The van der Waals surface area contributed by atoms with Gasteiger partial charge in [-0.25, -0.2) is 4.98 Å². The van der Waals surface area contributed by atoms with Crippen LogP contribution in [0.3, 0.4) is 0 Å². The minimum absolute atomic E-state index is 0.337. The molecule has 0 aromatic carbocycles. The lowest BCUT2D eigenvalue weighted by molar-refractivity contribution is 0.100. The van der Waals surface area contributed by atoms with E-state index in [9.17, 15) is 0 Å². The van der Waals surface area contributed by atoms with Crippen LogP contribution in [0.25, 0.3) is 0 Å². The van der Waals surface area contributed by atoms with Gasteiger partial charge in [0.2, 0.25) is 0 Å². The van der Waals surface area contributed by atoms with Crippen LogP contribution in [-0.2, 0) is 7.05 Å². The molecular formula is C14H27N5. The summed E-state index contributed by atoms with van der Waals surface area (Å²) in [7, 11) is 6.52. The zero-order valence-corrected chi connectivity index (χ0v) is 12.6. The first kappa shape index (κ1) is 14.5. The third kappa shape index (κ3) is 3.55. The molecule has 108 valence electrons. The van der Waals surface area contributed by atoms with E-state index in [1.807, 2.05) is 12.4 Å². The van der Waals surface area contributed by atoms with Gasteiger partial charge in [0.25, 0.3) is 0 Å². The van der Waals surface area contributed by atoms with Crippen molar-refractivity contribution in [2.45, 2.75) is 25.4 Å². The quantitative estimate of drug-likeness (QED) is 0.850. The van der Waals surface area contributed by atoms with E-state index in [1.165, 1.54) is 6.54 Å². The number of hydrogen-bond acceptors (Lipinski definition) is 4. The maximum Gasteiger partial charge on any atom is 0.125 e. The SMILES string of the molecule is CCNC(CC1CN(C)CCN1C)c1nccn1C. The molecule has 1 aliphatic heterocycles. The fourth-order valence-electron chi connectivity index (χ4n) is 2.87. The van der Waals surface area contributed by atoms with Crippen LogP contribution in [0.15, 0.2) is 12.4 Å². The Morgan fingerprint density at radius 3 is 2.79 bits per heavy atom. The third-order valence-corrected chi connectivity index (χ3v) is 4.11. The highest BCUT2D eigenvalue weighted by Gasteiger charge is 2.27. The van der Waals surface area contributed by atoms with Crippen LogP contribution in [0.5, 0.6) is 0 Å². The molecule has 1 saturated heterocycles. The summed E-state index contributed by atoms with van der Waals surface area (Å²) < 4.78 is 2.12. The van der Waals surface area contributed by atoms with Gasteiger partial charge in [-0.1, -0.05) is 6.92 Å². The number of piperazine rings is 1. The van der Waals surface area contributed by atoms with Crippen LogP contribution in [0.4, 0.5) is 0 Å². The number of likely N-dealkylation sites (N-methyl/N-ethyl adjacent to an activating group) is 2. The molecule has 0 radical (unpaired) electrons. The van der Waals surface area contributed by atoms with Gasteiger partial charge in [0.1, 0.15) is 5.82 Å². The van der Waals surface area contributed by atoms with Crippen LogP contribution >= 0.6 is 0 Å². The molecule has 1 aliphatic rings. The Labute approximate surface area is 116 Å². The molecular weight excluding hydrogens is 238 g/mol. The zero-order chi connectivity index (χ0) is 13.8. The van der Waals surface area contributed by atoms with Crippen molar-refractivity contribution in [2.75, 3.05) is 40.3 Å². The Bertz CT molecular complexity index is 389. The average molecular weight is 265 g/mol. The number of aryl methyl sites for hydroxylation is 1. The Hall–Kier alpha value is -0.910. The highest BCUT2D eigenvalue weighted by atomic mass is 15.3. The van der Waals surface area contributed by atoms with E-state index in [4.69, 9.17) is 0 Å². The van der Waals surface area contributed by atoms with Crippen molar-refractivity contribution in [3.8, 4) is 0 Å². The van der Waals surface area contributed by atoms with E-state index in [2.05, 4.69) is 52.7 Å². The number of imidazole rings is 1. The van der Waals surface area contributed by atoms with Crippen molar-refractivity contribution in [1.82, 2.24) is 24.7 Å². The molecule has 0 spiro atoms. The molecule has 5 nitrogen and oxygen atoms in total. The minimum atomic E-state index is 0.337. The van der Waals surface area contributed by atoms with Crippen molar-refractivity contribution in [3.63, 3.8) is 0 Å². The van der Waals surface area contributed by atoms with Crippen LogP contribution in [-0.4, -0.2) is 65.7 Å². The predicted molar refractivity (Wildman–Crippen MR) is 78.2 cm³/mol. The fourth-order valence-corrected chi connectivity index (χ4v) is 2.87. The standard InChI is InChI=1S/C14H27N5/c1-5-15-13(14-16-6-7-19(14)4)10-12-11-17(2)8-9-18(12)3/h6-7,12-13,15H,5,8-11H2,1-4H3. The summed E-state index contributed by atoms with van der Waals surface area (Å²) >= 11 is 0. The largest absolute Gasteiger partial charge is 0.337 e. The Balaban J connectivity index is 2.06. The smallest absolute Gasteiger partial charge is 0.125 e. The second-order valence-corrected chi connectivity index (χ2v) is 5.64. The normalized spacial score (nSPS) is 23.7. The first-order valence-corrected chi connectivity index (χ1v) is 7.21. The summed E-state index contributed by atoms with van der Waals surface area (Å²) in [6.07, 6.45) is 5.02. The highest BCUT2D eigenvalue weighted by molar-refractivity contribution is 5.00. The van der Waals surface area contributed by atoms with E-state index in [0.717, 1.165) is 31.9 Å².